The standard InChI is InChI=1S/C15H24N2O/c1-12-10-13(4-5-15(12)18-3)11-16-14-6-8-17(2)9-7-14/h4-5,10,14,16H,6-9,11H2,1-3H3. The Morgan fingerprint density at radius 1 is 1.33 bits per heavy atom. The van der Waals surface area contributed by atoms with Crippen molar-refractivity contribution in [2.75, 3.05) is 27.2 Å². The van der Waals surface area contributed by atoms with Crippen LogP contribution >= 0.6 is 0 Å². The Kier molecular flexibility index (Phi) is 4.61. The first-order valence-electron chi connectivity index (χ1n) is 6.74. The molecule has 1 fully saturated rings. The fourth-order valence-electron chi connectivity index (χ4n) is 2.53. The van der Waals surface area contributed by atoms with E-state index in [1.807, 2.05) is 0 Å². The number of ether oxygens (including phenoxy) is 1. The van der Waals surface area contributed by atoms with E-state index in [4.69, 9.17) is 4.74 Å². The van der Waals surface area contributed by atoms with Crippen LogP contribution in [0.2, 0.25) is 0 Å². The third-order valence-corrected chi connectivity index (χ3v) is 3.77. The van der Waals surface area contributed by atoms with Gasteiger partial charge in [0.2, 0.25) is 0 Å². The number of methoxy groups -OCH3 is 1. The molecule has 1 N–H and O–H groups in total. The fourth-order valence-corrected chi connectivity index (χ4v) is 2.53. The molecule has 0 saturated carbocycles. The number of hydrogen-bond acceptors (Lipinski definition) is 3. The average Bonchev–Trinajstić information content (AvgIpc) is 2.38. The van der Waals surface area contributed by atoms with Crippen LogP contribution in [0.1, 0.15) is 24.0 Å². The highest BCUT2D eigenvalue weighted by Crippen LogP contribution is 2.18. The van der Waals surface area contributed by atoms with E-state index in [1.165, 1.54) is 37.1 Å². The van der Waals surface area contributed by atoms with E-state index in [1.54, 1.807) is 7.11 Å². The lowest BCUT2D eigenvalue weighted by atomic mass is 10.0. The number of hydrogen-bond donors (Lipinski definition) is 1. The summed E-state index contributed by atoms with van der Waals surface area (Å²) in [6, 6.07) is 7.08. The summed E-state index contributed by atoms with van der Waals surface area (Å²) in [5.41, 5.74) is 2.55. The van der Waals surface area contributed by atoms with Crippen LogP contribution in [-0.4, -0.2) is 38.2 Å². The average molecular weight is 248 g/mol. The van der Waals surface area contributed by atoms with E-state index >= 15 is 0 Å². The summed E-state index contributed by atoms with van der Waals surface area (Å²) in [4.78, 5) is 2.40. The molecule has 100 valence electrons. The maximum atomic E-state index is 5.28. The molecule has 1 heterocycles. The highest BCUT2D eigenvalue weighted by atomic mass is 16.5. The zero-order chi connectivity index (χ0) is 13.0. The van der Waals surface area contributed by atoms with Crippen LogP contribution < -0.4 is 10.1 Å². The van der Waals surface area contributed by atoms with Crippen molar-refractivity contribution in [1.29, 1.82) is 0 Å². The zero-order valence-electron chi connectivity index (χ0n) is 11.7. The Labute approximate surface area is 110 Å². The predicted molar refractivity (Wildman–Crippen MR) is 75.1 cm³/mol. The molecule has 0 amide bonds. The quantitative estimate of drug-likeness (QED) is 0.884. The van der Waals surface area contributed by atoms with Crippen molar-refractivity contribution in [2.45, 2.75) is 32.4 Å². The number of nitrogens with zero attached hydrogens (tertiary/aromatic N) is 1. The summed E-state index contributed by atoms with van der Waals surface area (Å²) in [5.74, 6) is 0.970. The first kappa shape index (κ1) is 13.4. The molecule has 3 nitrogen and oxygen atoms in total. The summed E-state index contributed by atoms with van der Waals surface area (Å²) >= 11 is 0. The van der Waals surface area contributed by atoms with E-state index in [-0.39, 0.29) is 0 Å². The number of aryl methyl sites for hydroxylation is 1. The number of benzene rings is 1. The molecule has 0 aliphatic carbocycles. The van der Waals surface area contributed by atoms with Crippen LogP contribution in [-0.2, 0) is 6.54 Å². The molecule has 18 heavy (non-hydrogen) atoms. The topological polar surface area (TPSA) is 24.5 Å². The van der Waals surface area contributed by atoms with Crippen molar-refractivity contribution in [3.63, 3.8) is 0 Å². The smallest absolute Gasteiger partial charge is 0.121 e. The first-order chi connectivity index (χ1) is 8.69. The SMILES string of the molecule is COc1ccc(CNC2CCN(C)CC2)cc1C. The van der Waals surface area contributed by atoms with E-state index < -0.39 is 0 Å². The van der Waals surface area contributed by atoms with Crippen LogP contribution in [0.5, 0.6) is 5.75 Å². The van der Waals surface area contributed by atoms with Gasteiger partial charge in [0.25, 0.3) is 0 Å². The van der Waals surface area contributed by atoms with Crippen LogP contribution in [0.25, 0.3) is 0 Å². The van der Waals surface area contributed by atoms with Gasteiger partial charge in [-0.25, -0.2) is 0 Å². The predicted octanol–water partition coefficient (Wildman–Crippen LogP) is 2.19. The molecule has 0 aromatic heterocycles. The minimum Gasteiger partial charge on any atom is -0.496 e. The molecule has 0 unspecified atom stereocenters. The maximum Gasteiger partial charge on any atom is 0.121 e. The first-order valence-corrected chi connectivity index (χ1v) is 6.74. The molecular formula is C15H24N2O. The third-order valence-electron chi connectivity index (χ3n) is 3.77. The summed E-state index contributed by atoms with van der Waals surface area (Å²) in [5, 5.41) is 3.66. The van der Waals surface area contributed by atoms with Crippen molar-refractivity contribution in [2.24, 2.45) is 0 Å². The molecule has 1 aromatic carbocycles. The summed E-state index contributed by atoms with van der Waals surface area (Å²) in [6.45, 7) is 5.47. The second-order valence-corrected chi connectivity index (χ2v) is 5.26. The fraction of sp³-hybridized carbons (Fsp3) is 0.600. The van der Waals surface area contributed by atoms with E-state index in [2.05, 4.69) is 42.4 Å². The second-order valence-electron chi connectivity index (χ2n) is 5.26. The van der Waals surface area contributed by atoms with Gasteiger partial charge in [0, 0.05) is 12.6 Å². The van der Waals surface area contributed by atoms with Crippen molar-refractivity contribution in [1.82, 2.24) is 10.2 Å². The minimum absolute atomic E-state index is 0.670. The number of rotatable bonds is 4. The molecule has 0 radical (unpaired) electrons. The van der Waals surface area contributed by atoms with Gasteiger partial charge in [-0.3, -0.25) is 0 Å². The number of nitrogens with one attached hydrogen (secondary N) is 1. The summed E-state index contributed by atoms with van der Waals surface area (Å²) < 4.78 is 5.28. The van der Waals surface area contributed by atoms with Gasteiger partial charge in [-0.1, -0.05) is 12.1 Å². The Bertz CT molecular complexity index is 384. The zero-order valence-corrected chi connectivity index (χ0v) is 11.7. The Hall–Kier alpha value is -1.06. The van der Waals surface area contributed by atoms with Crippen molar-refractivity contribution < 1.29 is 4.74 Å². The summed E-state index contributed by atoms with van der Waals surface area (Å²) in [7, 11) is 3.92. The van der Waals surface area contributed by atoms with E-state index in [0.29, 0.717) is 6.04 Å². The van der Waals surface area contributed by atoms with Crippen LogP contribution in [0, 0.1) is 6.92 Å². The molecule has 1 aromatic rings. The Balaban J connectivity index is 1.84. The highest BCUT2D eigenvalue weighted by Gasteiger charge is 2.15. The molecule has 0 spiro atoms. The lowest BCUT2D eigenvalue weighted by molar-refractivity contribution is 0.234. The van der Waals surface area contributed by atoms with Crippen molar-refractivity contribution in [3.05, 3.63) is 29.3 Å². The highest BCUT2D eigenvalue weighted by molar-refractivity contribution is 5.36. The lowest BCUT2D eigenvalue weighted by Gasteiger charge is -2.29. The van der Waals surface area contributed by atoms with Gasteiger partial charge in [-0.15, -0.1) is 0 Å². The third kappa shape index (κ3) is 3.47. The Morgan fingerprint density at radius 3 is 2.67 bits per heavy atom. The summed E-state index contributed by atoms with van der Waals surface area (Å²) in [6.07, 6.45) is 2.51. The normalized spacial score (nSPS) is 17.9. The Morgan fingerprint density at radius 2 is 2.06 bits per heavy atom. The molecule has 0 bridgehead atoms. The van der Waals surface area contributed by atoms with Gasteiger partial charge in [0.15, 0.2) is 0 Å². The molecular weight excluding hydrogens is 224 g/mol. The molecule has 1 aliphatic heterocycles. The molecule has 1 saturated heterocycles. The van der Waals surface area contributed by atoms with Gasteiger partial charge >= 0.3 is 0 Å². The van der Waals surface area contributed by atoms with Crippen molar-refractivity contribution >= 4 is 0 Å². The van der Waals surface area contributed by atoms with Crippen LogP contribution in [0.4, 0.5) is 0 Å². The maximum absolute atomic E-state index is 5.28. The van der Waals surface area contributed by atoms with E-state index in [9.17, 15) is 0 Å². The van der Waals surface area contributed by atoms with Gasteiger partial charge < -0.3 is 15.0 Å². The van der Waals surface area contributed by atoms with Crippen LogP contribution in [0.3, 0.4) is 0 Å². The van der Waals surface area contributed by atoms with Crippen LogP contribution in [0.15, 0.2) is 18.2 Å². The van der Waals surface area contributed by atoms with Gasteiger partial charge in [-0.05, 0) is 57.1 Å². The van der Waals surface area contributed by atoms with Crippen molar-refractivity contribution in [3.8, 4) is 5.75 Å². The van der Waals surface area contributed by atoms with Gasteiger partial charge in [0.05, 0.1) is 7.11 Å². The number of likely N-dealkylation sites (tertiary alicyclic amines) is 1. The molecule has 1 aliphatic rings. The minimum atomic E-state index is 0.670. The molecule has 3 heteroatoms. The second kappa shape index (κ2) is 6.21. The molecule has 2 rings (SSSR count). The monoisotopic (exact) mass is 248 g/mol. The largest absolute Gasteiger partial charge is 0.496 e. The lowest BCUT2D eigenvalue weighted by Crippen LogP contribution is -2.40. The number of piperidine rings is 1. The van der Waals surface area contributed by atoms with E-state index in [0.717, 1.165) is 12.3 Å². The molecule has 0 atom stereocenters. The van der Waals surface area contributed by atoms with Gasteiger partial charge in [-0.2, -0.15) is 0 Å². The van der Waals surface area contributed by atoms with Gasteiger partial charge in [0.1, 0.15) is 5.75 Å².